The van der Waals surface area contributed by atoms with E-state index in [4.69, 9.17) is 19.3 Å². The minimum atomic E-state index is -4.73. The van der Waals surface area contributed by atoms with Crippen molar-refractivity contribution in [3.63, 3.8) is 0 Å². The fraction of sp³-hybridized carbons (Fsp3) is 0.929. The minimum Gasteiger partial charge on any atom is -0.462 e. The van der Waals surface area contributed by atoms with Crippen LogP contribution in [-0.4, -0.2) is 41.0 Å². The molecule has 0 radical (unpaired) electrons. The Balaban J connectivity index is 0. The second kappa shape index (κ2) is 27.6. The number of ether oxygens (including phenoxy) is 2. The van der Waals surface area contributed by atoms with Gasteiger partial charge in [-0.1, -0.05) is 123 Å². The molecule has 0 aromatic heterocycles. The second-order valence-electron chi connectivity index (χ2n) is 10.1. The molecule has 0 aliphatic rings. The van der Waals surface area contributed by atoms with E-state index in [-0.39, 0.29) is 25.6 Å². The molecule has 0 rings (SSSR count). The van der Waals surface area contributed by atoms with Crippen LogP contribution in [0.1, 0.15) is 149 Å². The summed E-state index contributed by atoms with van der Waals surface area (Å²) in [6.45, 7) is 3.61. The molecule has 228 valence electrons. The fourth-order valence-electron chi connectivity index (χ4n) is 4.14. The van der Waals surface area contributed by atoms with Gasteiger partial charge in [0, 0.05) is 12.8 Å². The standard InChI is InChI=1S/C28H55O8P.H3N/c1-3-5-7-9-11-13-15-17-19-21-23-28(30)36-26(25-35-37(31,32)33)24-34-27(29)22-20-18-16-14-12-10-8-6-4-2;/h26H,3-25H2,1-2H3,(H2,31,32,33);1H3/t26-;/m1./s1. The number of hydrogen-bond donors (Lipinski definition) is 3. The lowest BCUT2D eigenvalue weighted by atomic mass is 10.1. The van der Waals surface area contributed by atoms with E-state index in [2.05, 4.69) is 18.4 Å². The van der Waals surface area contributed by atoms with Crippen molar-refractivity contribution in [1.82, 2.24) is 6.15 Å². The number of rotatable bonds is 27. The van der Waals surface area contributed by atoms with Crippen LogP contribution >= 0.6 is 7.82 Å². The number of phosphoric ester groups is 1. The lowest BCUT2D eigenvalue weighted by molar-refractivity contribution is -0.161. The Labute approximate surface area is 232 Å². The number of carbonyl (C=O) groups is 2. The zero-order valence-corrected chi connectivity index (χ0v) is 25.2. The maximum Gasteiger partial charge on any atom is 0.469 e. The summed E-state index contributed by atoms with van der Waals surface area (Å²) < 4.78 is 26.0. The maximum atomic E-state index is 12.2. The van der Waals surface area contributed by atoms with Crippen molar-refractivity contribution in [2.75, 3.05) is 13.2 Å². The summed E-state index contributed by atoms with van der Waals surface area (Å²) in [6, 6.07) is 0. The molecule has 0 heterocycles. The molecule has 0 unspecified atom stereocenters. The van der Waals surface area contributed by atoms with Gasteiger partial charge in [0.2, 0.25) is 0 Å². The molecule has 0 bridgehead atoms. The van der Waals surface area contributed by atoms with Crippen molar-refractivity contribution in [1.29, 1.82) is 0 Å². The zero-order valence-electron chi connectivity index (χ0n) is 24.3. The highest BCUT2D eigenvalue weighted by Crippen LogP contribution is 2.35. The summed E-state index contributed by atoms with van der Waals surface area (Å²) in [7, 11) is -4.73. The van der Waals surface area contributed by atoms with Crippen molar-refractivity contribution < 1.29 is 37.9 Å². The average Bonchev–Trinajstić information content (AvgIpc) is 2.85. The van der Waals surface area contributed by atoms with Crippen LogP contribution < -0.4 is 6.15 Å². The first-order chi connectivity index (χ1) is 17.8. The van der Waals surface area contributed by atoms with E-state index in [0.717, 1.165) is 38.5 Å². The molecule has 38 heavy (non-hydrogen) atoms. The van der Waals surface area contributed by atoms with Crippen LogP contribution in [0.15, 0.2) is 0 Å². The van der Waals surface area contributed by atoms with Gasteiger partial charge in [-0.2, -0.15) is 0 Å². The second-order valence-corrected chi connectivity index (χ2v) is 11.3. The van der Waals surface area contributed by atoms with E-state index in [1.165, 1.54) is 77.0 Å². The quantitative estimate of drug-likeness (QED) is 0.0509. The molecule has 0 aliphatic carbocycles. The Morgan fingerprint density at radius 1 is 0.605 bits per heavy atom. The Morgan fingerprint density at radius 2 is 0.974 bits per heavy atom. The van der Waals surface area contributed by atoms with E-state index < -0.39 is 32.5 Å². The fourth-order valence-corrected chi connectivity index (χ4v) is 4.50. The Kier molecular flexibility index (Phi) is 28.4. The van der Waals surface area contributed by atoms with Gasteiger partial charge >= 0.3 is 19.8 Å². The summed E-state index contributed by atoms with van der Waals surface area (Å²) in [4.78, 5) is 42.2. The summed E-state index contributed by atoms with van der Waals surface area (Å²) in [5, 5.41) is 0. The molecular weight excluding hydrogens is 509 g/mol. The number of unbranched alkanes of at least 4 members (excludes halogenated alkanes) is 17. The lowest BCUT2D eigenvalue weighted by Gasteiger charge is -2.18. The van der Waals surface area contributed by atoms with E-state index in [1.807, 2.05) is 0 Å². The Morgan fingerprint density at radius 3 is 1.37 bits per heavy atom. The van der Waals surface area contributed by atoms with Crippen molar-refractivity contribution in [2.24, 2.45) is 0 Å². The third kappa shape index (κ3) is 29.6. The SMILES string of the molecule is CCCCCCCCCCCCC(=O)O[C@H](COC(=O)CCCCCCCCCCC)COP(=O)(O)O.N. The molecule has 9 nitrogen and oxygen atoms in total. The van der Waals surface area contributed by atoms with Gasteiger partial charge in [-0.15, -0.1) is 0 Å². The minimum absolute atomic E-state index is 0. The van der Waals surface area contributed by atoms with E-state index in [0.29, 0.717) is 6.42 Å². The predicted octanol–water partition coefficient (Wildman–Crippen LogP) is 7.94. The largest absolute Gasteiger partial charge is 0.469 e. The van der Waals surface area contributed by atoms with Gasteiger partial charge in [0.25, 0.3) is 0 Å². The first-order valence-corrected chi connectivity index (χ1v) is 16.4. The normalized spacial score (nSPS) is 12.1. The summed E-state index contributed by atoms with van der Waals surface area (Å²) in [6.07, 6.45) is 21.2. The van der Waals surface area contributed by atoms with Crippen molar-refractivity contribution in [2.45, 2.75) is 155 Å². The smallest absolute Gasteiger partial charge is 0.462 e. The third-order valence-corrected chi connectivity index (χ3v) is 6.86. The highest BCUT2D eigenvalue weighted by molar-refractivity contribution is 7.46. The molecule has 5 N–H and O–H groups in total. The monoisotopic (exact) mass is 567 g/mol. The number of carbonyl (C=O) groups excluding carboxylic acids is 2. The molecule has 10 heteroatoms. The topological polar surface area (TPSA) is 154 Å². The molecule has 0 spiro atoms. The molecule has 0 amide bonds. The predicted molar refractivity (Wildman–Crippen MR) is 152 cm³/mol. The lowest BCUT2D eigenvalue weighted by Crippen LogP contribution is -2.29. The molecule has 0 aromatic carbocycles. The number of hydrogen-bond acceptors (Lipinski definition) is 7. The number of esters is 2. The highest BCUT2D eigenvalue weighted by atomic mass is 31.2. The first kappa shape index (κ1) is 39.2. The van der Waals surface area contributed by atoms with Gasteiger partial charge in [0.15, 0.2) is 6.10 Å². The molecule has 0 fully saturated rings. The summed E-state index contributed by atoms with van der Waals surface area (Å²) >= 11 is 0. The molecule has 0 saturated heterocycles. The highest BCUT2D eigenvalue weighted by Gasteiger charge is 2.22. The van der Waals surface area contributed by atoms with Crippen LogP contribution in [-0.2, 0) is 28.2 Å². The Bertz CT molecular complexity index is 599. The van der Waals surface area contributed by atoms with Gasteiger partial charge in [-0.3, -0.25) is 14.1 Å². The maximum absolute atomic E-state index is 12.2. The first-order valence-electron chi connectivity index (χ1n) is 14.8. The van der Waals surface area contributed by atoms with E-state index in [1.54, 1.807) is 0 Å². The van der Waals surface area contributed by atoms with E-state index in [9.17, 15) is 14.2 Å². The van der Waals surface area contributed by atoms with Gasteiger partial charge in [-0.25, -0.2) is 4.57 Å². The average molecular weight is 568 g/mol. The summed E-state index contributed by atoms with van der Waals surface area (Å²) in [5.74, 6) is -0.885. The van der Waals surface area contributed by atoms with Gasteiger partial charge in [0.1, 0.15) is 6.61 Å². The van der Waals surface area contributed by atoms with Crippen molar-refractivity contribution >= 4 is 19.8 Å². The van der Waals surface area contributed by atoms with Crippen LogP contribution in [0.2, 0.25) is 0 Å². The van der Waals surface area contributed by atoms with E-state index >= 15 is 0 Å². The van der Waals surface area contributed by atoms with Crippen LogP contribution in [0.5, 0.6) is 0 Å². The van der Waals surface area contributed by atoms with Crippen LogP contribution in [0.4, 0.5) is 0 Å². The van der Waals surface area contributed by atoms with Crippen molar-refractivity contribution in [3.8, 4) is 0 Å². The van der Waals surface area contributed by atoms with Gasteiger partial charge in [-0.05, 0) is 12.8 Å². The summed E-state index contributed by atoms with van der Waals surface area (Å²) in [5.41, 5.74) is 0. The van der Waals surface area contributed by atoms with Crippen molar-refractivity contribution in [3.05, 3.63) is 0 Å². The van der Waals surface area contributed by atoms with Gasteiger partial charge in [0.05, 0.1) is 6.61 Å². The van der Waals surface area contributed by atoms with Crippen LogP contribution in [0.3, 0.4) is 0 Å². The molecule has 0 saturated carbocycles. The molecule has 1 atom stereocenters. The third-order valence-electron chi connectivity index (χ3n) is 6.38. The molecule has 0 aliphatic heterocycles. The molecule has 0 aromatic rings. The van der Waals surface area contributed by atoms with Crippen LogP contribution in [0, 0.1) is 0 Å². The zero-order chi connectivity index (χ0) is 27.6. The van der Waals surface area contributed by atoms with Crippen LogP contribution in [0.25, 0.3) is 0 Å². The molecular formula is C28H58NO8P. The Hall–Kier alpha value is -0.990. The van der Waals surface area contributed by atoms with Gasteiger partial charge < -0.3 is 25.4 Å². The number of phosphoric acid groups is 1.